The van der Waals surface area contributed by atoms with Crippen LogP contribution in [-0.4, -0.2) is 11.0 Å². The van der Waals surface area contributed by atoms with Gasteiger partial charge in [0.2, 0.25) is 5.70 Å². The molecule has 1 amide bonds. The maximum Gasteiger partial charge on any atom is 0.281 e. The summed E-state index contributed by atoms with van der Waals surface area (Å²) in [6.45, 7) is 1.24. The van der Waals surface area contributed by atoms with Crippen LogP contribution in [0.25, 0.3) is 10.8 Å². The van der Waals surface area contributed by atoms with Gasteiger partial charge in [0.15, 0.2) is 0 Å². The summed E-state index contributed by atoms with van der Waals surface area (Å²) >= 11 is 0. The number of anilines is 1. The molecule has 0 saturated heterocycles. The fourth-order valence-electron chi connectivity index (χ4n) is 1.79. The van der Waals surface area contributed by atoms with Crippen LogP contribution in [0.1, 0.15) is 6.92 Å². The van der Waals surface area contributed by atoms with Crippen molar-refractivity contribution in [1.82, 2.24) is 0 Å². The lowest BCUT2D eigenvalue weighted by Gasteiger charge is -2.08. The molecule has 0 aliphatic rings. The molecular formula is C14H12N2O3. The number of hydrogen-bond acceptors (Lipinski definition) is 4. The highest BCUT2D eigenvalue weighted by atomic mass is 16.3. The number of nitroso groups, excluding NO2 is 1. The van der Waals surface area contributed by atoms with Crippen LogP contribution >= 0.6 is 0 Å². The standard InChI is InChI=1S/C14H12N2O3/c1-9(17)13(16-19)14(18)15-12-8-4-6-10-5-2-3-7-11(10)12/h2-8,17H,1H3,(H,15,18)/b13-9-. The minimum absolute atomic E-state index is 0.410. The molecule has 96 valence electrons. The normalized spacial score (nSPS) is 11.8. The van der Waals surface area contributed by atoms with E-state index in [0.29, 0.717) is 5.69 Å². The highest BCUT2D eigenvalue weighted by Gasteiger charge is 2.15. The van der Waals surface area contributed by atoms with Gasteiger partial charge in [-0.3, -0.25) is 4.79 Å². The molecular weight excluding hydrogens is 244 g/mol. The van der Waals surface area contributed by atoms with Gasteiger partial charge in [-0.15, -0.1) is 4.91 Å². The number of hydrogen-bond donors (Lipinski definition) is 2. The van der Waals surface area contributed by atoms with E-state index >= 15 is 0 Å². The molecule has 0 saturated carbocycles. The van der Waals surface area contributed by atoms with Crippen LogP contribution in [0.2, 0.25) is 0 Å². The molecule has 0 aromatic heterocycles. The van der Waals surface area contributed by atoms with Gasteiger partial charge in [0, 0.05) is 11.1 Å². The minimum atomic E-state index is -0.730. The SMILES string of the molecule is C/C(O)=C(/N=O)C(=O)Nc1cccc2ccccc12. The Morgan fingerprint density at radius 1 is 1.16 bits per heavy atom. The molecule has 0 spiro atoms. The van der Waals surface area contributed by atoms with E-state index in [1.54, 1.807) is 12.1 Å². The van der Waals surface area contributed by atoms with Crippen molar-refractivity contribution in [3.63, 3.8) is 0 Å². The van der Waals surface area contributed by atoms with E-state index in [1.165, 1.54) is 6.92 Å². The van der Waals surface area contributed by atoms with Crippen molar-refractivity contribution < 1.29 is 9.90 Å². The molecule has 2 rings (SSSR count). The van der Waals surface area contributed by atoms with E-state index in [2.05, 4.69) is 10.5 Å². The summed E-state index contributed by atoms with van der Waals surface area (Å²) in [4.78, 5) is 22.3. The average molecular weight is 256 g/mol. The molecule has 0 unspecified atom stereocenters. The number of carbonyl (C=O) groups excluding carboxylic acids is 1. The van der Waals surface area contributed by atoms with Crippen molar-refractivity contribution in [2.24, 2.45) is 5.18 Å². The van der Waals surface area contributed by atoms with Crippen LogP contribution in [0, 0.1) is 4.91 Å². The van der Waals surface area contributed by atoms with E-state index in [4.69, 9.17) is 0 Å². The Morgan fingerprint density at radius 2 is 1.84 bits per heavy atom. The number of fused-ring (bicyclic) bond motifs is 1. The van der Waals surface area contributed by atoms with Crippen molar-refractivity contribution in [3.05, 3.63) is 58.8 Å². The van der Waals surface area contributed by atoms with Gasteiger partial charge in [0.25, 0.3) is 5.91 Å². The first-order valence-electron chi connectivity index (χ1n) is 5.66. The lowest BCUT2D eigenvalue weighted by atomic mass is 10.1. The van der Waals surface area contributed by atoms with E-state index in [9.17, 15) is 14.8 Å². The van der Waals surface area contributed by atoms with Crippen molar-refractivity contribution in [1.29, 1.82) is 0 Å². The van der Waals surface area contributed by atoms with Crippen LogP contribution < -0.4 is 5.32 Å². The third kappa shape index (κ3) is 2.60. The summed E-state index contributed by atoms with van der Waals surface area (Å²) in [5.41, 5.74) is 0.0402. The number of rotatable bonds is 3. The Labute approximate surface area is 109 Å². The van der Waals surface area contributed by atoms with Crippen LogP contribution in [-0.2, 0) is 4.79 Å². The van der Waals surface area contributed by atoms with Gasteiger partial charge in [-0.25, -0.2) is 0 Å². The molecule has 5 nitrogen and oxygen atoms in total. The number of aliphatic hydroxyl groups excluding tert-OH is 1. The van der Waals surface area contributed by atoms with Crippen LogP contribution in [0.5, 0.6) is 0 Å². The Kier molecular flexibility index (Phi) is 3.56. The van der Waals surface area contributed by atoms with Gasteiger partial charge in [-0.1, -0.05) is 36.4 Å². The quantitative estimate of drug-likeness (QED) is 0.502. The van der Waals surface area contributed by atoms with Crippen LogP contribution in [0.15, 0.2) is 59.1 Å². The molecule has 2 aromatic carbocycles. The number of benzene rings is 2. The van der Waals surface area contributed by atoms with Gasteiger partial charge < -0.3 is 10.4 Å². The van der Waals surface area contributed by atoms with Gasteiger partial charge >= 0.3 is 0 Å². The monoisotopic (exact) mass is 256 g/mol. The first-order chi connectivity index (χ1) is 9.13. The van der Waals surface area contributed by atoms with E-state index in [0.717, 1.165) is 10.8 Å². The molecule has 2 N–H and O–H groups in total. The van der Waals surface area contributed by atoms with Crippen molar-refractivity contribution in [2.75, 3.05) is 5.32 Å². The zero-order valence-corrected chi connectivity index (χ0v) is 10.3. The lowest BCUT2D eigenvalue weighted by Crippen LogP contribution is -2.14. The molecule has 0 aliphatic heterocycles. The minimum Gasteiger partial charge on any atom is -0.510 e. The summed E-state index contributed by atoms with van der Waals surface area (Å²) in [6, 6.07) is 12.9. The maximum atomic E-state index is 11.8. The van der Waals surface area contributed by atoms with E-state index < -0.39 is 17.4 Å². The maximum absolute atomic E-state index is 11.8. The number of amides is 1. The Balaban J connectivity index is 2.40. The first kappa shape index (κ1) is 12.8. The fourth-order valence-corrected chi connectivity index (χ4v) is 1.79. The van der Waals surface area contributed by atoms with E-state index in [1.807, 2.05) is 30.3 Å². The second kappa shape index (κ2) is 5.30. The molecule has 0 heterocycles. The predicted octanol–water partition coefficient (Wildman–Crippen LogP) is 3.33. The second-order valence-corrected chi connectivity index (χ2v) is 4.01. The smallest absolute Gasteiger partial charge is 0.281 e. The summed E-state index contributed by atoms with van der Waals surface area (Å²) in [5, 5.41) is 16.1. The number of allylic oxidation sites excluding steroid dienone is 1. The Bertz CT molecular complexity index is 668. The fraction of sp³-hybridized carbons (Fsp3) is 0.0714. The topological polar surface area (TPSA) is 78.8 Å². The molecule has 0 atom stereocenters. The van der Waals surface area contributed by atoms with Gasteiger partial charge in [-0.05, 0) is 23.6 Å². The third-order valence-electron chi connectivity index (χ3n) is 2.69. The van der Waals surface area contributed by atoms with Gasteiger partial charge in [0.05, 0.1) is 0 Å². The molecule has 0 radical (unpaired) electrons. The number of aliphatic hydroxyl groups is 1. The molecule has 2 aromatic rings. The summed E-state index contributed by atoms with van der Waals surface area (Å²) in [5.74, 6) is -1.14. The van der Waals surface area contributed by atoms with E-state index in [-0.39, 0.29) is 0 Å². The largest absolute Gasteiger partial charge is 0.510 e. The Hall–Kier alpha value is -2.69. The molecule has 0 aliphatic carbocycles. The number of nitrogens with zero attached hydrogens (tertiary/aromatic N) is 1. The molecule has 5 heteroatoms. The Morgan fingerprint density at radius 3 is 2.53 bits per heavy atom. The number of carbonyl (C=O) groups is 1. The summed E-state index contributed by atoms with van der Waals surface area (Å²) < 4.78 is 0. The number of nitrogens with one attached hydrogen (secondary N) is 1. The highest BCUT2D eigenvalue weighted by molar-refractivity contribution is 6.08. The average Bonchev–Trinajstić information content (AvgIpc) is 2.39. The van der Waals surface area contributed by atoms with Crippen LogP contribution in [0.4, 0.5) is 5.69 Å². The second-order valence-electron chi connectivity index (χ2n) is 4.01. The predicted molar refractivity (Wildman–Crippen MR) is 73.7 cm³/mol. The highest BCUT2D eigenvalue weighted by Crippen LogP contribution is 2.23. The summed E-state index contributed by atoms with van der Waals surface area (Å²) in [6.07, 6.45) is 0. The van der Waals surface area contributed by atoms with Gasteiger partial charge in [0.1, 0.15) is 5.76 Å². The zero-order chi connectivity index (χ0) is 13.8. The first-order valence-corrected chi connectivity index (χ1v) is 5.66. The lowest BCUT2D eigenvalue weighted by molar-refractivity contribution is -0.113. The molecule has 0 bridgehead atoms. The van der Waals surface area contributed by atoms with Crippen molar-refractivity contribution in [2.45, 2.75) is 6.92 Å². The van der Waals surface area contributed by atoms with Crippen molar-refractivity contribution in [3.8, 4) is 0 Å². The molecule has 0 fully saturated rings. The molecule has 19 heavy (non-hydrogen) atoms. The van der Waals surface area contributed by atoms with Gasteiger partial charge in [-0.2, -0.15) is 0 Å². The van der Waals surface area contributed by atoms with Crippen LogP contribution in [0.3, 0.4) is 0 Å². The van der Waals surface area contributed by atoms with Crippen molar-refractivity contribution >= 4 is 22.4 Å². The zero-order valence-electron chi connectivity index (χ0n) is 10.3. The third-order valence-corrected chi connectivity index (χ3v) is 2.69. The summed E-state index contributed by atoms with van der Waals surface area (Å²) in [7, 11) is 0.